The van der Waals surface area contributed by atoms with Crippen LogP contribution in [0.15, 0.2) is 12.1 Å². The molecule has 0 radical (unpaired) electrons. The second kappa shape index (κ2) is 6.36. The van der Waals surface area contributed by atoms with Crippen molar-refractivity contribution < 1.29 is 9.47 Å². The van der Waals surface area contributed by atoms with Crippen LogP contribution in [0.2, 0.25) is 5.02 Å². The summed E-state index contributed by atoms with van der Waals surface area (Å²) >= 11 is 6.12. The molecule has 1 atom stereocenters. The van der Waals surface area contributed by atoms with E-state index in [0.29, 0.717) is 30.1 Å². The lowest BCUT2D eigenvalue weighted by Gasteiger charge is -2.14. The summed E-state index contributed by atoms with van der Waals surface area (Å²) in [6.45, 7) is 3.18. The maximum atomic E-state index is 6.12. The van der Waals surface area contributed by atoms with E-state index in [1.807, 2.05) is 13.0 Å². The standard InChI is InChI=1S/C13H19ClN2O2/c1-9(8-17-2)18-13-6-5-11(14)12(16-13)7-15-10-3-4-10/h5-6,9-10,15H,3-4,7-8H2,1-2H3. The molecule has 1 aromatic rings. The molecule has 4 nitrogen and oxygen atoms in total. The van der Waals surface area contributed by atoms with Gasteiger partial charge in [-0.1, -0.05) is 11.6 Å². The first-order chi connectivity index (χ1) is 8.69. The van der Waals surface area contributed by atoms with Crippen LogP contribution in [0, 0.1) is 0 Å². The zero-order chi connectivity index (χ0) is 13.0. The number of aromatic nitrogens is 1. The molecule has 0 saturated heterocycles. The summed E-state index contributed by atoms with van der Waals surface area (Å²) in [6.07, 6.45) is 2.48. The number of nitrogens with one attached hydrogen (secondary N) is 1. The average Bonchev–Trinajstić information content (AvgIpc) is 3.14. The van der Waals surface area contributed by atoms with E-state index in [-0.39, 0.29) is 6.10 Å². The Morgan fingerprint density at radius 2 is 2.28 bits per heavy atom. The van der Waals surface area contributed by atoms with Crippen molar-refractivity contribution in [2.24, 2.45) is 0 Å². The highest BCUT2D eigenvalue weighted by Gasteiger charge is 2.20. The molecule has 1 aromatic heterocycles. The molecule has 100 valence electrons. The number of methoxy groups -OCH3 is 1. The zero-order valence-corrected chi connectivity index (χ0v) is 11.5. The predicted octanol–water partition coefficient (Wildman–Crippen LogP) is 2.40. The van der Waals surface area contributed by atoms with Crippen LogP contribution >= 0.6 is 11.6 Å². The first-order valence-electron chi connectivity index (χ1n) is 6.23. The van der Waals surface area contributed by atoms with E-state index < -0.39 is 0 Å². The molecular weight excluding hydrogens is 252 g/mol. The number of hydrogen-bond donors (Lipinski definition) is 1. The van der Waals surface area contributed by atoms with Crippen LogP contribution in [0.4, 0.5) is 0 Å². The van der Waals surface area contributed by atoms with Crippen molar-refractivity contribution >= 4 is 11.6 Å². The Morgan fingerprint density at radius 3 is 2.94 bits per heavy atom. The molecule has 1 heterocycles. The van der Waals surface area contributed by atoms with E-state index in [2.05, 4.69) is 10.3 Å². The zero-order valence-electron chi connectivity index (χ0n) is 10.8. The molecule has 18 heavy (non-hydrogen) atoms. The van der Waals surface area contributed by atoms with Gasteiger partial charge in [-0.15, -0.1) is 0 Å². The Labute approximate surface area is 113 Å². The van der Waals surface area contributed by atoms with Crippen LogP contribution in [0.5, 0.6) is 5.88 Å². The minimum atomic E-state index is -0.0204. The number of nitrogens with zero attached hydrogens (tertiary/aromatic N) is 1. The Balaban J connectivity index is 1.95. The van der Waals surface area contributed by atoms with Gasteiger partial charge in [0.1, 0.15) is 6.10 Å². The van der Waals surface area contributed by atoms with E-state index >= 15 is 0 Å². The summed E-state index contributed by atoms with van der Waals surface area (Å²) in [5.41, 5.74) is 0.839. The van der Waals surface area contributed by atoms with Gasteiger partial charge >= 0.3 is 0 Å². The molecule has 0 bridgehead atoms. The van der Waals surface area contributed by atoms with E-state index in [9.17, 15) is 0 Å². The van der Waals surface area contributed by atoms with Crippen molar-refractivity contribution in [2.45, 2.75) is 38.5 Å². The van der Waals surface area contributed by atoms with E-state index in [0.717, 1.165) is 5.69 Å². The minimum Gasteiger partial charge on any atom is -0.472 e. The fraction of sp³-hybridized carbons (Fsp3) is 0.615. The van der Waals surface area contributed by atoms with Crippen LogP contribution in [0.1, 0.15) is 25.5 Å². The van der Waals surface area contributed by atoms with Gasteiger partial charge in [0.15, 0.2) is 0 Å². The van der Waals surface area contributed by atoms with Crippen LogP contribution in [-0.2, 0) is 11.3 Å². The lowest BCUT2D eigenvalue weighted by atomic mass is 10.3. The largest absolute Gasteiger partial charge is 0.472 e. The normalized spacial score (nSPS) is 16.6. The summed E-state index contributed by atoms with van der Waals surface area (Å²) in [7, 11) is 1.65. The predicted molar refractivity (Wildman–Crippen MR) is 71.1 cm³/mol. The highest BCUT2D eigenvalue weighted by atomic mass is 35.5. The van der Waals surface area contributed by atoms with Crippen molar-refractivity contribution in [3.05, 3.63) is 22.8 Å². The van der Waals surface area contributed by atoms with Crippen molar-refractivity contribution in [1.82, 2.24) is 10.3 Å². The lowest BCUT2D eigenvalue weighted by Crippen LogP contribution is -2.20. The Morgan fingerprint density at radius 1 is 1.50 bits per heavy atom. The Kier molecular flexibility index (Phi) is 4.80. The molecule has 5 heteroatoms. The maximum Gasteiger partial charge on any atom is 0.213 e. The molecule has 0 aromatic carbocycles. The van der Waals surface area contributed by atoms with Gasteiger partial charge in [-0.25, -0.2) is 4.98 Å². The number of pyridine rings is 1. The fourth-order valence-corrected chi connectivity index (χ4v) is 1.83. The van der Waals surface area contributed by atoms with Gasteiger partial charge in [-0.05, 0) is 25.8 Å². The van der Waals surface area contributed by atoms with Gasteiger partial charge in [0, 0.05) is 25.8 Å². The number of rotatable bonds is 7. The van der Waals surface area contributed by atoms with Gasteiger partial charge in [0.05, 0.1) is 17.3 Å². The van der Waals surface area contributed by atoms with Crippen LogP contribution in [-0.4, -0.2) is 30.8 Å². The van der Waals surface area contributed by atoms with Crippen molar-refractivity contribution in [2.75, 3.05) is 13.7 Å². The van der Waals surface area contributed by atoms with Gasteiger partial charge in [0.2, 0.25) is 5.88 Å². The third kappa shape index (κ3) is 4.12. The molecule has 0 aliphatic heterocycles. The number of hydrogen-bond acceptors (Lipinski definition) is 4. The molecule has 1 unspecified atom stereocenters. The van der Waals surface area contributed by atoms with E-state index in [1.54, 1.807) is 13.2 Å². The SMILES string of the molecule is COCC(C)Oc1ccc(Cl)c(CNC2CC2)n1. The van der Waals surface area contributed by atoms with Gasteiger partial charge < -0.3 is 14.8 Å². The summed E-state index contributed by atoms with van der Waals surface area (Å²) in [4.78, 5) is 4.42. The molecular formula is C13H19ClN2O2. The molecule has 1 saturated carbocycles. The summed E-state index contributed by atoms with van der Waals surface area (Å²) in [5.74, 6) is 0.594. The minimum absolute atomic E-state index is 0.0204. The van der Waals surface area contributed by atoms with Crippen molar-refractivity contribution in [1.29, 1.82) is 0 Å². The summed E-state index contributed by atoms with van der Waals surface area (Å²) in [6, 6.07) is 4.25. The van der Waals surface area contributed by atoms with Gasteiger partial charge in [0.25, 0.3) is 0 Å². The number of ether oxygens (including phenoxy) is 2. The van der Waals surface area contributed by atoms with E-state index in [4.69, 9.17) is 21.1 Å². The lowest BCUT2D eigenvalue weighted by molar-refractivity contribution is 0.0888. The van der Waals surface area contributed by atoms with Crippen LogP contribution < -0.4 is 10.1 Å². The topological polar surface area (TPSA) is 43.4 Å². The Bertz CT molecular complexity index is 397. The van der Waals surface area contributed by atoms with Gasteiger partial charge in [-0.2, -0.15) is 0 Å². The maximum absolute atomic E-state index is 6.12. The first-order valence-corrected chi connectivity index (χ1v) is 6.61. The highest BCUT2D eigenvalue weighted by Crippen LogP contribution is 2.22. The molecule has 1 N–H and O–H groups in total. The molecule has 0 spiro atoms. The van der Waals surface area contributed by atoms with Crippen molar-refractivity contribution in [3.8, 4) is 5.88 Å². The van der Waals surface area contributed by atoms with Crippen LogP contribution in [0.3, 0.4) is 0 Å². The summed E-state index contributed by atoms with van der Waals surface area (Å²) in [5, 5.41) is 4.07. The first kappa shape index (κ1) is 13.6. The monoisotopic (exact) mass is 270 g/mol. The smallest absolute Gasteiger partial charge is 0.213 e. The molecule has 1 aliphatic carbocycles. The Hall–Kier alpha value is -0.840. The average molecular weight is 271 g/mol. The molecule has 0 amide bonds. The van der Waals surface area contributed by atoms with Crippen molar-refractivity contribution in [3.63, 3.8) is 0 Å². The second-order valence-corrected chi connectivity index (χ2v) is 5.02. The molecule has 1 aliphatic rings. The third-order valence-corrected chi connectivity index (χ3v) is 3.10. The quantitative estimate of drug-likeness (QED) is 0.826. The molecule has 1 fully saturated rings. The van der Waals surface area contributed by atoms with E-state index in [1.165, 1.54) is 12.8 Å². The fourth-order valence-electron chi connectivity index (χ4n) is 1.66. The molecule has 2 rings (SSSR count). The van der Waals surface area contributed by atoms with Crippen LogP contribution in [0.25, 0.3) is 0 Å². The van der Waals surface area contributed by atoms with Gasteiger partial charge in [-0.3, -0.25) is 0 Å². The second-order valence-electron chi connectivity index (χ2n) is 4.62. The highest BCUT2D eigenvalue weighted by molar-refractivity contribution is 6.31. The number of halogens is 1. The summed E-state index contributed by atoms with van der Waals surface area (Å²) < 4.78 is 10.7. The third-order valence-electron chi connectivity index (χ3n) is 2.75.